The van der Waals surface area contributed by atoms with Gasteiger partial charge < -0.3 is 10.0 Å². The molecule has 3 aromatic rings. The fourth-order valence-corrected chi connectivity index (χ4v) is 6.52. The number of piperidine rings is 2. The molecule has 4 saturated heterocycles. The molecule has 176 valence electrons. The summed E-state index contributed by atoms with van der Waals surface area (Å²) in [5.74, 6) is -2.94. The number of Topliss-reactive ketones (excluding diaryl/α,β-unsaturated/α-hetero) is 1. The van der Waals surface area contributed by atoms with Crippen molar-refractivity contribution in [3.8, 4) is 0 Å². The molecule has 2 bridgehead atoms. The number of aliphatic hydroxyl groups is 1. The molecule has 6 heteroatoms. The monoisotopic (exact) mass is 466 g/mol. The van der Waals surface area contributed by atoms with E-state index in [1.54, 1.807) is 29.2 Å². The summed E-state index contributed by atoms with van der Waals surface area (Å²) in [6.45, 7) is 0.444. The molecule has 1 N–H and O–H groups in total. The van der Waals surface area contributed by atoms with Crippen LogP contribution in [0.4, 0.5) is 0 Å². The minimum Gasteiger partial charge on any atom is -0.362 e. The first-order chi connectivity index (χ1) is 17.0. The normalized spacial score (nSPS) is 29.4. The third-order valence-electron chi connectivity index (χ3n) is 7.97. The van der Waals surface area contributed by atoms with E-state index in [2.05, 4.69) is 0 Å². The first-order valence-corrected chi connectivity index (χ1v) is 12.0. The molecule has 1 spiro atoms. The Balaban J connectivity index is 1.59. The first-order valence-electron chi connectivity index (χ1n) is 12.0. The zero-order valence-electron chi connectivity index (χ0n) is 19.2. The molecule has 0 unspecified atom stereocenters. The quantitative estimate of drug-likeness (QED) is 0.585. The summed E-state index contributed by atoms with van der Waals surface area (Å²) in [5, 5.41) is 12.3. The van der Waals surface area contributed by atoms with Crippen molar-refractivity contribution < 1.29 is 19.5 Å². The second-order valence-corrected chi connectivity index (χ2v) is 9.68. The van der Waals surface area contributed by atoms with Gasteiger partial charge in [-0.2, -0.15) is 0 Å². The lowest BCUT2D eigenvalue weighted by Gasteiger charge is -2.64. The predicted octanol–water partition coefficient (Wildman–Crippen LogP) is 3.38. The summed E-state index contributed by atoms with van der Waals surface area (Å²) >= 11 is 0. The molecule has 4 heterocycles. The molecule has 4 aliphatic rings. The second kappa shape index (κ2) is 7.89. The van der Waals surface area contributed by atoms with Gasteiger partial charge >= 0.3 is 0 Å². The van der Waals surface area contributed by atoms with Gasteiger partial charge in [0.15, 0.2) is 5.78 Å². The Morgan fingerprint density at radius 1 is 0.857 bits per heavy atom. The highest BCUT2D eigenvalue weighted by atomic mass is 16.3. The molecule has 3 aromatic carbocycles. The summed E-state index contributed by atoms with van der Waals surface area (Å²) < 4.78 is 0. The molecule has 0 aliphatic carbocycles. The molecule has 4 fully saturated rings. The van der Waals surface area contributed by atoms with Crippen molar-refractivity contribution in [3.63, 3.8) is 0 Å². The maximum absolute atomic E-state index is 14.3. The van der Waals surface area contributed by atoms with Gasteiger partial charge in [0.05, 0.1) is 5.92 Å². The Labute approximate surface area is 203 Å². The van der Waals surface area contributed by atoms with Gasteiger partial charge in [-0.3, -0.25) is 19.3 Å². The van der Waals surface area contributed by atoms with Crippen LogP contribution in [0.3, 0.4) is 0 Å². The minimum atomic E-state index is -2.29. The number of ketones is 1. The van der Waals surface area contributed by atoms with E-state index in [1.807, 2.05) is 66.7 Å². The Hall–Kier alpha value is -3.77. The van der Waals surface area contributed by atoms with Gasteiger partial charge in [0, 0.05) is 24.6 Å². The number of hydrogen-bond acceptors (Lipinski definition) is 4. The van der Waals surface area contributed by atoms with Gasteiger partial charge in [-0.25, -0.2) is 0 Å². The smallest absolute Gasteiger partial charge is 0.277 e. The van der Waals surface area contributed by atoms with Crippen LogP contribution < -0.4 is 0 Å². The van der Waals surface area contributed by atoms with E-state index in [0.29, 0.717) is 24.9 Å². The zero-order chi connectivity index (χ0) is 24.2. The lowest BCUT2D eigenvalue weighted by molar-refractivity contribution is -0.239. The molecule has 2 amide bonds. The lowest BCUT2D eigenvalue weighted by atomic mass is 9.57. The van der Waals surface area contributed by atoms with Gasteiger partial charge in [0.1, 0.15) is 5.54 Å². The summed E-state index contributed by atoms with van der Waals surface area (Å²) in [6.07, 6.45) is 1.10. The van der Waals surface area contributed by atoms with E-state index >= 15 is 0 Å². The van der Waals surface area contributed by atoms with E-state index in [4.69, 9.17) is 0 Å². The Morgan fingerprint density at radius 3 is 2.11 bits per heavy atom. The Bertz CT molecular complexity index is 1300. The Morgan fingerprint density at radius 2 is 1.46 bits per heavy atom. The number of amides is 2. The molecule has 4 aliphatic heterocycles. The molecule has 0 radical (unpaired) electrons. The largest absolute Gasteiger partial charge is 0.362 e. The zero-order valence-corrected chi connectivity index (χ0v) is 19.2. The van der Waals surface area contributed by atoms with Crippen molar-refractivity contribution in [3.05, 3.63) is 108 Å². The highest BCUT2D eigenvalue weighted by Crippen LogP contribution is 2.60. The topological polar surface area (TPSA) is 77.9 Å². The molecule has 0 aromatic heterocycles. The number of piperazine rings is 1. The van der Waals surface area contributed by atoms with Crippen molar-refractivity contribution >= 4 is 17.6 Å². The maximum Gasteiger partial charge on any atom is 0.277 e. The van der Waals surface area contributed by atoms with Crippen LogP contribution >= 0.6 is 0 Å². The van der Waals surface area contributed by atoms with E-state index in [9.17, 15) is 19.5 Å². The van der Waals surface area contributed by atoms with Crippen molar-refractivity contribution in [2.24, 2.45) is 5.92 Å². The summed E-state index contributed by atoms with van der Waals surface area (Å²) in [4.78, 5) is 45.3. The number of benzene rings is 3. The van der Waals surface area contributed by atoms with Gasteiger partial charge in [0.2, 0.25) is 5.72 Å². The maximum atomic E-state index is 14.3. The van der Waals surface area contributed by atoms with E-state index in [0.717, 1.165) is 11.1 Å². The van der Waals surface area contributed by atoms with Crippen molar-refractivity contribution in [2.75, 3.05) is 6.54 Å². The van der Waals surface area contributed by atoms with Gasteiger partial charge in [0.25, 0.3) is 11.8 Å². The van der Waals surface area contributed by atoms with Crippen LogP contribution in [0.15, 0.2) is 91.0 Å². The van der Waals surface area contributed by atoms with Crippen LogP contribution in [0, 0.1) is 5.92 Å². The third-order valence-corrected chi connectivity index (χ3v) is 7.97. The van der Waals surface area contributed by atoms with Gasteiger partial charge in [-0.05, 0) is 24.0 Å². The SMILES string of the molecule is O=C(c1ccccc1)[C@@H]1[C@@H](c2ccccc2)[C@]23CCCN2C(=O)[C@@]1(O)N(Cc1ccccc1)C3=O. The summed E-state index contributed by atoms with van der Waals surface area (Å²) in [7, 11) is 0. The van der Waals surface area contributed by atoms with Crippen LogP contribution in [0.1, 0.15) is 40.2 Å². The molecular weight excluding hydrogens is 440 g/mol. The summed E-state index contributed by atoms with van der Waals surface area (Å²) in [6, 6.07) is 27.5. The van der Waals surface area contributed by atoms with Crippen molar-refractivity contribution in [2.45, 2.75) is 36.6 Å². The molecule has 4 atom stereocenters. The molecule has 7 rings (SSSR count). The van der Waals surface area contributed by atoms with Crippen LogP contribution in [0.2, 0.25) is 0 Å². The fraction of sp³-hybridized carbons (Fsp3) is 0.276. The highest BCUT2D eigenvalue weighted by molar-refractivity contribution is 6.11. The number of nitrogens with zero attached hydrogens (tertiary/aromatic N) is 2. The van der Waals surface area contributed by atoms with E-state index in [1.165, 1.54) is 4.90 Å². The Kier molecular flexibility index (Phi) is 4.90. The minimum absolute atomic E-state index is 0.0532. The van der Waals surface area contributed by atoms with Crippen LogP contribution in [0.25, 0.3) is 0 Å². The number of rotatable bonds is 5. The standard InChI is InChI=1S/C29H26N2O4/c32-25(22-15-8-3-9-16-22)24-23(21-13-6-2-7-14-21)28-17-10-18-30(28)27(34)29(24,35)31(26(28)33)19-20-11-4-1-5-12-20/h1-9,11-16,23-24,35H,10,17-19H2/t23-,24+,28+,29-/m1/s1. The average molecular weight is 467 g/mol. The van der Waals surface area contributed by atoms with Crippen molar-refractivity contribution in [1.82, 2.24) is 9.80 Å². The van der Waals surface area contributed by atoms with E-state index in [-0.39, 0.29) is 18.2 Å². The number of fused-ring (bicyclic) bond motifs is 2. The van der Waals surface area contributed by atoms with Crippen LogP contribution in [-0.4, -0.2) is 50.3 Å². The highest BCUT2D eigenvalue weighted by Gasteiger charge is 2.77. The van der Waals surface area contributed by atoms with Crippen LogP contribution in [0.5, 0.6) is 0 Å². The lowest BCUT2D eigenvalue weighted by Crippen LogP contribution is -2.85. The first kappa shape index (κ1) is 21.7. The predicted molar refractivity (Wildman–Crippen MR) is 129 cm³/mol. The molecular formula is C29H26N2O4. The van der Waals surface area contributed by atoms with E-state index < -0.39 is 29.0 Å². The van der Waals surface area contributed by atoms with Gasteiger partial charge in [-0.1, -0.05) is 91.0 Å². The van der Waals surface area contributed by atoms with Gasteiger partial charge in [-0.15, -0.1) is 0 Å². The number of carbonyl (C=O) groups is 3. The second-order valence-electron chi connectivity index (χ2n) is 9.68. The van der Waals surface area contributed by atoms with Crippen molar-refractivity contribution in [1.29, 1.82) is 0 Å². The fourth-order valence-electron chi connectivity index (χ4n) is 6.52. The summed E-state index contributed by atoms with van der Waals surface area (Å²) in [5.41, 5.74) is -1.50. The van der Waals surface area contributed by atoms with Crippen LogP contribution in [-0.2, 0) is 16.1 Å². The number of carbonyl (C=O) groups excluding carboxylic acids is 3. The molecule has 35 heavy (non-hydrogen) atoms. The molecule has 0 saturated carbocycles. The average Bonchev–Trinajstić information content (AvgIpc) is 3.35. The number of hydrogen-bond donors (Lipinski definition) is 1. The third kappa shape index (κ3) is 2.89. The molecule has 6 nitrogen and oxygen atoms in total.